The predicted octanol–water partition coefficient (Wildman–Crippen LogP) is 4.57. The van der Waals surface area contributed by atoms with Crippen LogP contribution in [-0.4, -0.2) is 38.1 Å². The van der Waals surface area contributed by atoms with Gasteiger partial charge in [-0.2, -0.15) is 0 Å². The van der Waals surface area contributed by atoms with Gasteiger partial charge in [-0.1, -0.05) is 30.3 Å². The molecule has 0 fully saturated rings. The number of aromatic hydroxyl groups is 1. The predicted molar refractivity (Wildman–Crippen MR) is 122 cm³/mol. The molecular weight excluding hydrogens is 410 g/mol. The van der Waals surface area contributed by atoms with Crippen LogP contribution in [0.25, 0.3) is 6.08 Å². The highest BCUT2D eigenvalue weighted by Gasteiger charge is 2.15. The van der Waals surface area contributed by atoms with Crippen molar-refractivity contribution in [2.24, 2.45) is 0 Å². The molecule has 0 unspecified atom stereocenters. The molecule has 0 saturated carbocycles. The highest BCUT2D eigenvalue weighted by atomic mass is 16.5. The number of phenolic OH excluding ortho intramolecular Hbond substituents is 1. The van der Waals surface area contributed by atoms with Crippen molar-refractivity contribution in [2.75, 3.05) is 26.6 Å². The molecule has 0 heterocycles. The minimum Gasteiger partial charge on any atom is -0.507 e. The number of anilines is 1. The lowest BCUT2D eigenvalue weighted by Crippen LogP contribution is -2.12. The Balaban J connectivity index is 1.72. The highest BCUT2D eigenvalue weighted by Crippen LogP contribution is 2.40. The molecule has 0 atom stereocenters. The first kappa shape index (κ1) is 22.4. The second-order valence-electron chi connectivity index (χ2n) is 6.70. The van der Waals surface area contributed by atoms with Gasteiger partial charge >= 0.3 is 0 Å². The average molecular weight is 433 g/mol. The monoisotopic (exact) mass is 433 g/mol. The zero-order chi connectivity index (χ0) is 23.1. The number of phenols is 1. The number of benzene rings is 3. The summed E-state index contributed by atoms with van der Waals surface area (Å²) in [5.74, 6) is 0.587. The van der Waals surface area contributed by atoms with Crippen LogP contribution in [0.15, 0.2) is 66.7 Å². The molecule has 3 rings (SSSR count). The molecule has 0 aliphatic rings. The van der Waals surface area contributed by atoms with Gasteiger partial charge in [0.05, 0.1) is 26.9 Å². The van der Waals surface area contributed by atoms with Gasteiger partial charge in [-0.05, 0) is 35.9 Å². The molecule has 0 radical (unpaired) electrons. The van der Waals surface area contributed by atoms with Crippen LogP contribution < -0.4 is 19.5 Å². The SMILES string of the molecule is COc1cc(NC(=O)c2ccc(/C=C/C(=O)c3ccccc3O)cc2)cc(OC)c1OC. The van der Waals surface area contributed by atoms with E-state index in [1.165, 1.54) is 33.5 Å². The molecule has 2 N–H and O–H groups in total. The van der Waals surface area contributed by atoms with Crippen LogP contribution in [0.1, 0.15) is 26.3 Å². The molecule has 7 nitrogen and oxygen atoms in total. The van der Waals surface area contributed by atoms with Gasteiger partial charge < -0.3 is 24.6 Å². The summed E-state index contributed by atoms with van der Waals surface area (Å²) < 4.78 is 15.9. The Morgan fingerprint density at radius 3 is 2.06 bits per heavy atom. The maximum atomic E-state index is 12.6. The van der Waals surface area contributed by atoms with Crippen molar-refractivity contribution in [2.45, 2.75) is 0 Å². The molecule has 0 aliphatic carbocycles. The zero-order valence-corrected chi connectivity index (χ0v) is 17.9. The Hall–Kier alpha value is -4.26. The summed E-state index contributed by atoms with van der Waals surface area (Å²) in [4.78, 5) is 24.9. The van der Waals surface area contributed by atoms with Gasteiger partial charge in [0.1, 0.15) is 5.75 Å². The fourth-order valence-electron chi connectivity index (χ4n) is 3.05. The van der Waals surface area contributed by atoms with E-state index in [1.807, 2.05) is 0 Å². The number of carbonyl (C=O) groups excluding carboxylic acids is 2. The largest absolute Gasteiger partial charge is 0.507 e. The molecule has 0 saturated heterocycles. The molecule has 0 aliphatic heterocycles. The number of para-hydroxylation sites is 1. The lowest BCUT2D eigenvalue weighted by molar-refractivity contribution is 0.102. The molecule has 1 amide bonds. The Morgan fingerprint density at radius 1 is 0.875 bits per heavy atom. The molecule has 164 valence electrons. The lowest BCUT2D eigenvalue weighted by Gasteiger charge is -2.14. The quantitative estimate of drug-likeness (QED) is 0.399. The summed E-state index contributed by atoms with van der Waals surface area (Å²) in [6, 6.07) is 16.4. The Bertz CT molecular complexity index is 1130. The van der Waals surface area contributed by atoms with E-state index >= 15 is 0 Å². The summed E-state index contributed by atoms with van der Waals surface area (Å²) in [6.45, 7) is 0. The number of ketones is 1. The normalized spacial score (nSPS) is 10.6. The third kappa shape index (κ3) is 5.07. The number of nitrogens with one attached hydrogen (secondary N) is 1. The summed E-state index contributed by atoms with van der Waals surface area (Å²) in [7, 11) is 4.50. The van der Waals surface area contributed by atoms with Crippen LogP contribution in [-0.2, 0) is 0 Å². The summed E-state index contributed by atoms with van der Waals surface area (Å²) in [5, 5.41) is 12.6. The second kappa shape index (κ2) is 10.2. The molecule has 3 aromatic carbocycles. The average Bonchev–Trinajstić information content (AvgIpc) is 2.82. The highest BCUT2D eigenvalue weighted by molar-refractivity contribution is 6.08. The van der Waals surface area contributed by atoms with Gasteiger partial charge in [-0.25, -0.2) is 0 Å². The lowest BCUT2D eigenvalue weighted by atomic mass is 10.1. The first-order valence-electron chi connectivity index (χ1n) is 9.68. The molecule has 0 spiro atoms. The van der Waals surface area contributed by atoms with Crippen molar-refractivity contribution in [3.63, 3.8) is 0 Å². The van der Waals surface area contributed by atoms with E-state index in [1.54, 1.807) is 60.7 Å². The third-order valence-corrected chi connectivity index (χ3v) is 4.69. The van der Waals surface area contributed by atoms with Crippen LogP contribution in [0.3, 0.4) is 0 Å². The van der Waals surface area contributed by atoms with Crippen molar-refractivity contribution in [1.29, 1.82) is 0 Å². The third-order valence-electron chi connectivity index (χ3n) is 4.69. The van der Waals surface area contributed by atoms with Crippen LogP contribution >= 0.6 is 0 Å². The fourth-order valence-corrected chi connectivity index (χ4v) is 3.05. The van der Waals surface area contributed by atoms with Crippen molar-refractivity contribution < 1.29 is 28.9 Å². The van der Waals surface area contributed by atoms with Gasteiger partial charge in [-0.15, -0.1) is 0 Å². The maximum Gasteiger partial charge on any atom is 0.255 e. The first-order valence-corrected chi connectivity index (χ1v) is 9.68. The van der Waals surface area contributed by atoms with Gasteiger partial charge in [0.2, 0.25) is 5.75 Å². The summed E-state index contributed by atoms with van der Waals surface area (Å²) >= 11 is 0. The number of amides is 1. The number of hydrogen-bond acceptors (Lipinski definition) is 6. The van der Waals surface area contributed by atoms with Crippen LogP contribution in [0.5, 0.6) is 23.0 Å². The molecule has 0 bridgehead atoms. The zero-order valence-electron chi connectivity index (χ0n) is 17.9. The fraction of sp³-hybridized carbons (Fsp3) is 0.120. The minimum absolute atomic E-state index is 0.0686. The first-order chi connectivity index (χ1) is 15.5. The minimum atomic E-state index is -0.319. The van der Waals surface area contributed by atoms with E-state index in [4.69, 9.17) is 14.2 Å². The molecule has 3 aromatic rings. The number of allylic oxidation sites excluding steroid dienone is 1. The number of hydrogen-bond donors (Lipinski definition) is 2. The van der Waals surface area contributed by atoms with Crippen LogP contribution in [0, 0.1) is 0 Å². The second-order valence-corrected chi connectivity index (χ2v) is 6.70. The Morgan fingerprint density at radius 2 is 1.50 bits per heavy atom. The van der Waals surface area contributed by atoms with Gasteiger partial charge in [0.15, 0.2) is 17.3 Å². The van der Waals surface area contributed by atoms with E-state index in [0.29, 0.717) is 28.5 Å². The Labute approximate surface area is 185 Å². The van der Waals surface area contributed by atoms with E-state index in [0.717, 1.165) is 5.56 Å². The molecular formula is C25H23NO6. The molecule has 0 aromatic heterocycles. The smallest absolute Gasteiger partial charge is 0.255 e. The standard InChI is InChI=1S/C25H23NO6/c1-30-22-14-18(15-23(31-2)24(22)32-3)26-25(29)17-11-8-16(9-12-17)10-13-21(28)19-6-4-5-7-20(19)27/h4-15,27H,1-3H3,(H,26,29)/b13-10+. The number of ether oxygens (including phenoxy) is 3. The van der Waals surface area contributed by atoms with Crippen LogP contribution in [0.4, 0.5) is 5.69 Å². The van der Waals surface area contributed by atoms with Crippen LogP contribution in [0.2, 0.25) is 0 Å². The van der Waals surface area contributed by atoms with Crippen molar-refractivity contribution in [1.82, 2.24) is 0 Å². The molecule has 7 heteroatoms. The molecule has 32 heavy (non-hydrogen) atoms. The number of rotatable bonds is 8. The van der Waals surface area contributed by atoms with E-state index in [9.17, 15) is 14.7 Å². The van der Waals surface area contributed by atoms with E-state index < -0.39 is 0 Å². The van der Waals surface area contributed by atoms with Crippen molar-refractivity contribution in [3.05, 3.63) is 83.4 Å². The van der Waals surface area contributed by atoms with Crippen molar-refractivity contribution >= 4 is 23.5 Å². The van der Waals surface area contributed by atoms with E-state index in [-0.39, 0.29) is 23.0 Å². The number of carbonyl (C=O) groups is 2. The number of methoxy groups -OCH3 is 3. The Kier molecular flexibility index (Phi) is 7.13. The van der Waals surface area contributed by atoms with Gasteiger partial charge in [0.25, 0.3) is 5.91 Å². The van der Waals surface area contributed by atoms with Gasteiger partial charge in [-0.3, -0.25) is 9.59 Å². The van der Waals surface area contributed by atoms with Gasteiger partial charge in [0, 0.05) is 23.4 Å². The summed E-state index contributed by atoms with van der Waals surface area (Å²) in [6.07, 6.45) is 3.00. The summed E-state index contributed by atoms with van der Waals surface area (Å²) in [5.41, 5.74) is 1.88. The topological polar surface area (TPSA) is 94.1 Å². The van der Waals surface area contributed by atoms with E-state index in [2.05, 4.69) is 5.32 Å². The maximum absolute atomic E-state index is 12.6. The van der Waals surface area contributed by atoms with Crippen molar-refractivity contribution in [3.8, 4) is 23.0 Å².